The minimum atomic E-state index is -0.982. The van der Waals surface area contributed by atoms with E-state index in [4.69, 9.17) is 17.3 Å². The number of nitrogen functional groups attached to an aromatic ring is 1. The zero-order valence-corrected chi connectivity index (χ0v) is 24.0. The lowest BCUT2D eigenvalue weighted by atomic mass is 9.95. The zero-order chi connectivity index (χ0) is 27.4. The standard InChI is InChI=1S/C27H32ClN5O3S2/c1-27(2,3)31-25(35)22(19-10-7-15-37-19)33(18-13-11-16(28)12-14-18)26(36)23-20(29)21(32-38-23)24(34)30-17-8-5-4-6-9-17/h7,10-15,17,22H,4-6,8-9,29H2,1-3H3,(H,30,34)(H,31,35)/t22-/m1/s1. The van der Waals surface area contributed by atoms with Gasteiger partial charge < -0.3 is 16.4 Å². The van der Waals surface area contributed by atoms with Gasteiger partial charge in [0.25, 0.3) is 11.8 Å². The van der Waals surface area contributed by atoms with Crippen molar-refractivity contribution in [2.45, 2.75) is 70.5 Å². The Kier molecular flexibility index (Phi) is 8.74. The molecule has 0 spiro atoms. The Morgan fingerprint density at radius 2 is 1.79 bits per heavy atom. The van der Waals surface area contributed by atoms with Gasteiger partial charge in [-0.1, -0.05) is 36.9 Å². The van der Waals surface area contributed by atoms with Crippen LogP contribution in [0.4, 0.5) is 11.4 Å². The van der Waals surface area contributed by atoms with E-state index in [2.05, 4.69) is 15.0 Å². The summed E-state index contributed by atoms with van der Waals surface area (Å²) in [5, 5.41) is 8.35. The van der Waals surface area contributed by atoms with Crippen molar-refractivity contribution < 1.29 is 14.4 Å². The van der Waals surface area contributed by atoms with Crippen LogP contribution >= 0.6 is 34.5 Å². The first-order chi connectivity index (χ1) is 18.0. The molecular weight excluding hydrogens is 542 g/mol. The molecule has 3 amide bonds. The average molecular weight is 574 g/mol. The quantitative estimate of drug-likeness (QED) is 0.330. The number of nitrogens with zero attached hydrogens (tertiary/aromatic N) is 2. The maximum absolute atomic E-state index is 14.2. The van der Waals surface area contributed by atoms with Crippen LogP contribution < -0.4 is 21.3 Å². The second-order valence-electron chi connectivity index (χ2n) is 10.4. The fourth-order valence-corrected chi connectivity index (χ4v) is 6.14. The van der Waals surface area contributed by atoms with E-state index in [1.54, 1.807) is 24.3 Å². The molecule has 1 saturated carbocycles. The molecule has 0 saturated heterocycles. The number of benzene rings is 1. The van der Waals surface area contributed by atoms with Gasteiger partial charge in [0.2, 0.25) is 5.91 Å². The van der Waals surface area contributed by atoms with Gasteiger partial charge in [0.1, 0.15) is 4.88 Å². The zero-order valence-electron chi connectivity index (χ0n) is 21.6. The van der Waals surface area contributed by atoms with Crippen LogP contribution in [-0.4, -0.2) is 33.7 Å². The summed E-state index contributed by atoms with van der Waals surface area (Å²) in [6.45, 7) is 5.63. The SMILES string of the molecule is CC(C)(C)NC(=O)[C@@H](c1cccs1)N(C(=O)c1snc(C(=O)NC2CCCCC2)c1N)c1ccc(Cl)cc1. The molecule has 11 heteroatoms. The lowest BCUT2D eigenvalue weighted by molar-refractivity contribution is -0.123. The number of thiophene rings is 1. The first kappa shape index (κ1) is 28.1. The smallest absolute Gasteiger partial charge is 0.273 e. The van der Waals surface area contributed by atoms with Crippen molar-refractivity contribution in [2.75, 3.05) is 10.6 Å². The van der Waals surface area contributed by atoms with Crippen molar-refractivity contribution in [3.8, 4) is 0 Å². The molecule has 202 valence electrons. The van der Waals surface area contributed by atoms with E-state index < -0.39 is 17.5 Å². The molecule has 3 aromatic rings. The number of carbonyl (C=O) groups is 3. The van der Waals surface area contributed by atoms with Crippen LogP contribution in [0.1, 0.15) is 84.0 Å². The molecule has 0 bridgehead atoms. The molecule has 8 nitrogen and oxygen atoms in total. The van der Waals surface area contributed by atoms with Crippen molar-refractivity contribution >= 4 is 63.6 Å². The topological polar surface area (TPSA) is 117 Å². The second-order valence-corrected chi connectivity index (χ2v) is 12.6. The fourth-order valence-electron chi connectivity index (χ4n) is 4.47. The molecular formula is C27H32ClN5O3S2. The normalized spacial score (nSPS) is 15.1. The highest BCUT2D eigenvalue weighted by atomic mass is 35.5. The molecule has 0 radical (unpaired) electrons. The number of aromatic nitrogens is 1. The largest absolute Gasteiger partial charge is 0.395 e. The van der Waals surface area contributed by atoms with Gasteiger partial charge in [-0.3, -0.25) is 19.3 Å². The molecule has 1 fully saturated rings. The van der Waals surface area contributed by atoms with Crippen molar-refractivity contribution in [2.24, 2.45) is 0 Å². The molecule has 2 aromatic heterocycles. The molecule has 1 aromatic carbocycles. The predicted octanol–water partition coefficient (Wildman–Crippen LogP) is 5.81. The first-order valence-electron chi connectivity index (χ1n) is 12.6. The molecule has 2 heterocycles. The highest BCUT2D eigenvalue weighted by molar-refractivity contribution is 7.10. The molecule has 4 N–H and O–H groups in total. The lowest BCUT2D eigenvalue weighted by Gasteiger charge is -2.32. The van der Waals surface area contributed by atoms with Gasteiger partial charge in [0.05, 0.1) is 5.69 Å². The van der Waals surface area contributed by atoms with Gasteiger partial charge in [-0.15, -0.1) is 11.3 Å². The Morgan fingerprint density at radius 1 is 1.11 bits per heavy atom. The van der Waals surface area contributed by atoms with E-state index >= 15 is 0 Å². The minimum absolute atomic E-state index is 0.00781. The third-order valence-corrected chi connectivity index (χ3v) is 8.25. The number of nitrogens with one attached hydrogen (secondary N) is 2. The van der Waals surface area contributed by atoms with Crippen LogP contribution in [-0.2, 0) is 4.79 Å². The fraction of sp³-hybridized carbons (Fsp3) is 0.407. The van der Waals surface area contributed by atoms with E-state index in [-0.39, 0.29) is 34.1 Å². The molecule has 0 unspecified atom stereocenters. The van der Waals surface area contributed by atoms with Crippen LogP contribution in [0.2, 0.25) is 5.02 Å². The summed E-state index contributed by atoms with van der Waals surface area (Å²) in [5.74, 6) is -1.26. The Bertz CT molecular complexity index is 1280. The second kappa shape index (κ2) is 11.8. The van der Waals surface area contributed by atoms with Gasteiger partial charge >= 0.3 is 0 Å². The van der Waals surface area contributed by atoms with Crippen molar-refractivity contribution in [3.05, 3.63) is 62.2 Å². The molecule has 38 heavy (non-hydrogen) atoms. The van der Waals surface area contributed by atoms with E-state index in [9.17, 15) is 14.4 Å². The molecule has 4 rings (SSSR count). The van der Waals surface area contributed by atoms with Crippen LogP contribution in [0.25, 0.3) is 0 Å². The van der Waals surface area contributed by atoms with Gasteiger partial charge in [-0.05, 0) is 80.9 Å². The molecule has 1 aliphatic rings. The third kappa shape index (κ3) is 6.54. The van der Waals surface area contributed by atoms with Crippen molar-refractivity contribution in [1.82, 2.24) is 15.0 Å². The van der Waals surface area contributed by atoms with Crippen LogP contribution in [0.3, 0.4) is 0 Å². The number of hydrogen-bond acceptors (Lipinski definition) is 7. The van der Waals surface area contributed by atoms with E-state index in [0.29, 0.717) is 15.6 Å². The van der Waals surface area contributed by atoms with Gasteiger partial charge in [-0.25, -0.2) is 0 Å². The Hall–Kier alpha value is -2.95. The van der Waals surface area contributed by atoms with Gasteiger partial charge in [0.15, 0.2) is 11.7 Å². The molecule has 0 aliphatic heterocycles. The summed E-state index contributed by atoms with van der Waals surface area (Å²) in [6.07, 6.45) is 5.13. The summed E-state index contributed by atoms with van der Waals surface area (Å²) in [4.78, 5) is 43.0. The maximum atomic E-state index is 14.2. The molecule has 1 atom stereocenters. The van der Waals surface area contributed by atoms with Crippen molar-refractivity contribution in [3.63, 3.8) is 0 Å². The molecule has 1 aliphatic carbocycles. The van der Waals surface area contributed by atoms with Crippen LogP contribution in [0.15, 0.2) is 41.8 Å². The Balaban J connectivity index is 1.73. The Morgan fingerprint density at radius 3 is 2.39 bits per heavy atom. The van der Waals surface area contributed by atoms with E-state index in [1.807, 2.05) is 38.3 Å². The monoisotopic (exact) mass is 573 g/mol. The highest BCUT2D eigenvalue weighted by Gasteiger charge is 2.38. The maximum Gasteiger partial charge on any atom is 0.273 e. The number of halogens is 1. The first-order valence-corrected chi connectivity index (χ1v) is 14.6. The predicted molar refractivity (Wildman–Crippen MR) is 154 cm³/mol. The Labute approximate surface area is 235 Å². The summed E-state index contributed by atoms with van der Waals surface area (Å²) >= 11 is 8.36. The summed E-state index contributed by atoms with van der Waals surface area (Å²) in [6, 6.07) is 9.41. The third-order valence-electron chi connectivity index (χ3n) is 6.22. The number of anilines is 2. The van der Waals surface area contributed by atoms with Gasteiger partial charge in [0, 0.05) is 27.2 Å². The van der Waals surface area contributed by atoms with Crippen LogP contribution in [0, 0.1) is 0 Å². The summed E-state index contributed by atoms with van der Waals surface area (Å²) in [7, 11) is 0. The highest BCUT2D eigenvalue weighted by Crippen LogP contribution is 2.35. The van der Waals surface area contributed by atoms with E-state index in [1.165, 1.54) is 22.7 Å². The van der Waals surface area contributed by atoms with Crippen molar-refractivity contribution in [1.29, 1.82) is 0 Å². The number of hydrogen-bond donors (Lipinski definition) is 3. The number of rotatable bonds is 7. The number of amides is 3. The minimum Gasteiger partial charge on any atom is -0.395 e. The van der Waals surface area contributed by atoms with E-state index in [0.717, 1.165) is 37.2 Å². The van der Waals surface area contributed by atoms with Crippen LogP contribution in [0.5, 0.6) is 0 Å². The number of nitrogens with two attached hydrogens (primary N) is 1. The lowest BCUT2D eigenvalue weighted by Crippen LogP contribution is -2.49. The summed E-state index contributed by atoms with van der Waals surface area (Å²) in [5.41, 5.74) is 6.34. The number of carbonyl (C=O) groups excluding carboxylic acids is 3. The van der Waals surface area contributed by atoms with Gasteiger partial charge in [-0.2, -0.15) is 4.37 Å². The summed E-state index contributed by atoms with van der Waals surface area (Å²) < 4.78 is 4.26. The average Bonchev–Trinajstić information content (AvgIpc) is 3.52.